The highest BCUT2D eigenvalue weighted by Crippen LogP contribution is 2.24. The van der Waals surface area contributed by atoms with Crippen LogP contribution in [0.15, 0.2) is 65.7 Å². The van der Waals surface area contributed by atoms with Gasteiger partial charge in [-0.2, -0.15) is 0 Å². The summed E-state index contributed by atoms with van der Waals surface area (Å²) in [4.78, 5) is 8.75. The van der Waals surface area contributed by atoms with Gasteiger partial charge in [-0.05, 0) is 17.7 Å². The van der Waals surface area contributed by atoms with Crippen LogP contribution in [-0.2, 0) is 16.4 Å². The molecule has 0 aliphatic rings. The highest BCUT2D eigenvalue weighted by atomic mass is 32.2. The van der Waals surface area contributed by atoms with Crippen LogP contribution in [0.2, 0.25) is 0 Å². The van der Waals surface area contributed by atoms with Crippen molar-refractivity contribution in [3.8, 4) is 17.1 Å². The number of anilines is 1. The van der Waals surface area contributed by atoms with Gasteiger partial charge in [0.2, 0.25) is 0 Å². The van der Waals surface area contributed by atoms with E-state index in [1.165, 1.54) is 24.6 Å². The number of hydrogen-bond donors (Lipinski definition) is 1. The first-order chi connectivity index (χ1) is 11.9. The van der Waals surface area contributed by atoms with Crippen LogP contribution in [0.25, 0.3) is 11.3 Å². The second-order valence-corrected chi connectivity index (χ2v) is 7.53. The summed E-state index contributed by atoms with van der Waals surface area (Å²) < 4.78 is 28.7. The molecular formula is C18H21N3O3S. The zero-order valence-corrected chi connectivity index (χ0v) is 14.4. The molecule has 25 heavy (non-hydrogen) atoms. The lowest BCUT2D eigenvalue weighted by Gasteiger charge is -2.09. The molecule has 0 radical (unpaired) electrons. The van der Waals surface area contributed by atoms with E-state index in [0.717, 1.165) is 11.1 Å². The quantitative estimate of drug-likeness (QED) is 0.751. The van der Waals surface area contributed by atoms with E-state index in [0.29, 0.717) is 12.3 Å². The van der Waals surface area contributed by atoms with Crippen LogP contribution >= 0.6 is 0 Å². The van der Waals surface area contributed by atoms with Crippen molar-refractivity contribution in [1.29, 1.82) is 0 Å². The summed E-state index contributed by atoms with van der Waals surface area (Å²) in [5, 5.41) is 0. The van der Waals surface area contributed by atoms with Crippen molar-refractivity contribution in [1.82, 2.24) is 9.97 Å². The fraction of sp³-hybridized carbons (Fsp3) is 0.111. The van der Waals surface area contributed by atoms with Crippen molar-refractivity contribution in [3.05, 3.63) is 66.4 Å². The first-order valence-electron chi connectivity index (χ1n) is 7.53. The van der Waals surface area contributed by atoms with E-state index in [4.69, 9.17) is 10.5 Å². The molecule has 0 spiro atoms. The molecule has 0 amide bonds. The van der Waals surface area contributed by atoms with Gasteiger partial charge in [-0.25, -0.2) is 18.4 Å². The Balaban J connectivity index is 0.00000182. The van der Waals surface area contributed by atoms with Crippen molar-refractivity contribution in [2.75, 3.05) is 12.0 Å². The monoisotopic (exact) mass is 359 g/mol. The van der Waals surface area contributed by atoms with Gasteiger partial charge in [-0.3, -0.25) is 0 Å². The van der Waals surface area contributed by atoms with E-state index in [2.05, 4.69) is 9.97 Å². The molecule has 0 atom stereocenters. The largest absolute Gasteiger partial charge is 0.470 e. The Bertz CT molecular complexity index is 982. The molecule has 132 valence electrons. The van der Waals surface area contributed by atoms with Gasteiger partial charge in [0.05, 0.1) is 16.8 Å². The molecule has 0 bridgehead atoms. The lowest BCUT2D eigenvalue weighted by atomic mass is 10.2. The van der Waals surface area contributed by atoms with Crippen molar-refractivity contribution < 1.29 is 16.0 Å². The van der Waals surface area contributed by atoms with Crippen LogP contribution in [0, 0.1) is 0 Å². The van der Waals surface area contributed by atoms with E-state index in [1.54, 1.807) is 12.1 Å². The normalized spacial score (nSPS) is 11.2. The molecule has 1 aromatic heterocycles. The van der Waals surface area contributed by atoms with Crippen molar-refractivity contribution >= 4 is 15.7 Å². The van der Waals surface area contributed by atoms with Crippen LogP contribution in [0.5, 0.6) is 5.88 Å². The van der Waals surface area contributed by atoms with Crippen molar-refractivity contribution in [3.63, 3.8) is 0 Å². The highest BCUT2D eigenvalue weighted by Gasteiger charge is 2.10. The Labute approximate surface area is 149 Å². The van der Waals surface area contributed by atoms with Gasteiger partial charge in [0.15, 0.2) is 15.7 Å². The number of rotatable bonds is 5. The molecule has 2 N–H and O–H groups in total. The predicted molar refractivity (Wildman–Crippen MR) is 100.0 cm³/mol. The van der Waals surface area contributed by atoms with Crippen LogP contribution in [0.1, 0.15) is 8.42 Å². The minimum atomic E-state index is -3.24. The number of benzene rings is 2. The van der Waals surface area contributed by atoms with Crippen LogP contribution in [-0.4, -0.2) is 24.6 Å². The van der Waals surface area contributed by atoms with E-state index in [9.17, 15) is 8.42 Å². The van der Waals surface area contributed by atoms with Gasteiger partial charge in [0.25, 0.3) is 5.88 Å². The second kappa shape index (κ2) is 6.90. The fourth-order valence-corrected chi connectivity index (χ4v) is 2.86. The fourth-order valence-electron chi connectivity index (χ4n) is 2.23. The summed E-state index contributed by atoms with van der Waals surface area (Å²) in [6, 6.07) is 16.1. The maximum atomic E-state index is 11.5. The molecule has 1 heterocycles. The second-order valence-electron chi connectivity index (χ2n) is 5.52. The van der Waals surface area contributed by atoms with Gasteiger partial charge in [-0.1, -0.05) is 42.5 Å². The minimum absolute atomic E-state index is 0. The topological polar surface area (TPSA) is 95.2 Å². The average Bonchev–Trinajstić information content (AvgIpc) is 2.61. The van der Waals surface area contributed by atoms with Gasteiger partial charge in [0.1, 0.15) is 6.61 Å². The number of ether oxygens (including phenoxy) is 1. The van der Waals surface area contributed by atoms with E-state index >= 15 is 0 Å². The molecule has 2 aromatic carbocycles. The summed E-state index contributed by atoms with van der Waals surface area (Å²) in [5.74, 6) is 0.445. The summed E-state index contributed by atoms with van der Waals surface area (Å²) in [5.41, 5.74) is 8.11. The Kier molecular flexibility index (Phi) is 4.67. The van der Waals surface area contributed by atoms with Crippen LogP contribution in [0.4, 0.5) is 5.82 Å². The van der Waals surface area contributed by atoms with Crippen LogP contribution in [0.3, 0.4) is 0 Å². The first-order valence-corrected chi connectivity index (χ1v) is 9.42. The number of nitrogens with two attached hydrogens (primary N) is 1. The maximum absolute atomic E-state index is 11.5. The molecule has 0 aliphatic heterocycles. The molecule has 0 aliphatic carbocycles. The standard InChI is InChI=1S/C18H17N3O3S.2H2/c1-25(22,23)15-9-7-14(8-10-15)16-11-20-17(19)18(21-16)24-12-13-5-3-2-4-6-13;;/h2-11H,12H2,1H3,(H2,19,20);2*1H. The molecule has 3 aromatic rings. The van der Waals surface area contributed by atoms with Gasteiger partial charge in [-0.15, -0.1) is 0 Å². The average molecular weight is 359 g/mol. The number of sulfone groups is 1. The van der Waals surface area contributed by atoms with E-state index < -0.39 is 9.84 Å². The third-order valence-corrected chi connectivity index (χ3v) is 4.69. The Morgan fingerprint density at radius 1 is 1.08 bits per heavy atom. The SMILES string of the molecule is CS(=O)(=O)c1ccc(-c2cnc(N)c(OCc3ccccc3)n2)cc1.[HH].[HH]. The number of nitrogens with zero attached hydrogens (tertiary/aromatic N) is 2. The zero-order valence-electron chi connectivity index (χ0n) is 13.6. The third-order valence-electron chi connectivity index (χ3n) is 3.56. The maximum Gasteiger partial charge on any atom is 0.258 e. The summed E-state index contributed by atoms with van der Waals surface area (Å²) in [6.45, 7) is 0.330. The van der Waals surface area contributed by atoms with Gasteiger partial charge in [0, 0.05) is 14.7 Å². The lowest BCUT2D eigenvalue weighted by Crippen LogP contribution is -2.03. The Morgan fingerprint density at radius 3 is 2.40 bits per heavy atom. The number of hydrogen-bond acceptors (Lipinski definition) is 6. The van der Waals surface area contributed by atoms with E-state index in [1.807, 2.05) is 30.3 Å². The summed E-state index contributed by atoms with van der Waals surface area (Å²) in [6.07, 6.45) is 2.70. The van der Waals surface area contributed by atoms with Gasteiger partial charge < -0.3 is 10.5 Å². The molecule has 0 saturated heterocycles. The van der Waals surface area contributed by atoms with Gasteiger partial charge >= 0.3 is 0 Å². The molecular weight excluding hydrogens is 338 g/mol. The predicted octanol–water partition coefficient (Wildman–Crippen LogP) is 3.20. The smallest absolute Gasteiger partial charge is 0.258 e. The number of aromatic nitrogens is 2. The Hall–Kier alpha value is -2.93. The highest BCUT2D eigenvalue weighted by molar-refractivity contribution is 7.90. The van der Waals surface area contributed by atoms with Crippen molar-refractivity contribution in [2.24, 2.45) is 0 Å². The first kappa shape index (κ1) is 16.9. The summed E-state index contributed by atoms with van der Waals surface area (Å²) >= 11 is 0. The molecule has 3 rings (SSSR count). The third kappa shape index (κ3) is 4.13. The molecule has 0 unspecified atom stereocenters. The summed E-state index contributed by atoms with van der Waals surface area (Å²) in [7, 11) is -3.24. The molecule has 7 heteroatoms. The van der Waals surface area contributed by atoms with Crippen LogP contribution < -0.4 is 10.5 Å². The Morgan fingerprint density at radius 2 is 1.76 bits per heavy atom. The lowest BCUT2D eigenvalue weighted by molar-refractivity contribution is 0.295. The molecule has 0 saturated carbocycles. The number of nitrogen functional groups attached to an aromatic ring is 1. The van der Waals surface area contributed by atoms with Crippen molar-refractivity contribution in [2.45, 2.75) is 11.5 Å². The molecule has 0 fully saturated rings. The zero-order chi connectivity index (χ0) is 17.9. The minimum Gasteiger partial charge on any atom is -0.470 e. The van der Waals surface area contributed by atoms with E-state index in [-0.39, 0.29) is 19.4 Å². The molecule has 6 nitrogen and oxygen atoms in total.